The number of hydrogen-bond donors (Lipinski definition) is 2. The average molecular weight is 414 g/mol. The number of hydrogen-bond acceptors (Lipinski definition) is 7. The van der Waals surface area contributed by atoms with Crippen LogP contribution < -0.4 is 15.4 Å². The van der Waals surface area contributed by atoms with Crippen molar-refractivity contribution in [2.75, 3.05) is 24.9 Å². The summed E-state index contributed by atoms with van der Waals surface area (Å²) in [6, 6.07) is 22.7. The van der Waals surface area contributed by atoms with Crippen LogP contribution in [-0.2, 0) is 11.3 Å². The number of esters is 1. The van der Waals surface area contributed by atoms with Crippen LogP contribution in [0.2, 0.25) is 0 Å². The van der Waals surface area contributed by atoms with Gasteiger partial charge in [-0.2, -0.15) is 4.98 Å². The molecule has 0 radical (unpaired) electrons. The van der Waals surface area contributed by atoms with E-state index in [0.29, 0.717) is 18.1 Å². The number of rotatable bonds is 7. The lowest BCUT2D eigenvalue weighted by Crippen LogP contribution is -2.06. The van der Waals surface area contributed by atoms with Crippen molar-refractivity contribution in [3.05, 3.63) is 83.9 Å². The molecule has 0 aliphatic rings. The zero-order valence-electron chi connectivity index (χ0n) is 17.3. The van der Waals surface area contributed by atoms with Crippen molar-refractivity contribution in [2.45, 2.75) is 6.54 Å². The van der Waals surface area contributed by atoms with E-state index in [-0.39, 0.29) is 5.97 Å². The first kappa shape index (κ1) is 20.2. The number of nitrogens with one attached hydrogen (secondary N) is 2. The van der Waals surface area contributed by atoms with Crippen LogP contribution in [0.5, 0.6) is 5.75 Å². The molecule has 7 nitrogen and oxygen atoms in total. The molecule has 0 fully saturated rings. The summed E-state index contributed by atoms with van der Waals surface area (Å²) in [6.07, 6.45) is 0. The molecule has 4 rings (SSSR count). The smallest absolute Gasteiger partial charge is 0.337 e. The predicted octanol–water partition coefficient (Wildman–Crippen LogP) is 4.78. The molecule has 0 saturated carbocycles. The fourth-order valence-electron chi connectivity index (χ4n) is 3.13. The van der Waals surface area contributed by atoms with Gasteiger partial charge in [-0.05, 0) is 54.1 Å². The normalized spacial score (nSPS) is 10.5. The zero-order valence-corrected chi connectivity index (χ0v) is 17.3. The van der Waals surface area contributed by atoms with Gasteiger partial charge in [0.15, 0.2) is 0 Å². The molecule has 0 saturated heterocycles. The second-order valence-corrected chi connectivity index (χ2v) is 6.81. The monoisotopic (exact) mass is 414 g/mol. The van der Waals surface area contributed by atoms with E-state index >= 15 is 0 Å². The minimum atomic E-state index is -0.376. The lowest BCUT2D eigenvalue weighted by molar-refractivity contribution is 0.0601. The number of carbonyl (C=O) groups is 1. The van der Waals surface area contributed by atoms with Gasteiger partial charge >= 0.3 is 5.97 Å². The Labute approximate surface area is 180 Å². The molecular formula is C24H22N4O3. The highest BCUT2D eigenvalue weighted by Gasteiger charge is 2.09. The number of nitrogens with zero attached hydrogens (tertiary/aromatic N) is 2. The summed E-state index contributed by atoms with van der Waals surface area (Å²) >= 11 is 0. The van der Waals surface area contributed by atoms with E-state index in [1.807, 2.05) is 48.5 Å². The molecule has 7 heteroatoms. The Kier molecular flexibility index (Phi) is 5.93. The second-order valence-electron chi connectivity index (χ2n) is 6.81. The maximum atomic E-state index is 11.6. The van der Waals surface area contributed by atoms with Crippen molar-refractivity contribution in [3.63, 3.8) is 0 Å². The van der Waals surface area contributed by atoms with Gasteiger partial charge < -0.3 is 20.1 Å². The Morgan fingerprint density at radius 1 is 0.903 bits per heavy atom. The number of carbonyl (C=O) groups excluding carboxylic acids is 1. The molecule has 156 valence electrons. The Morgan fingerprint density at radius 2 is 1.65 bits per heavy atom. The second kappa shape index (κ2) is 9.13. The molecule has 0 spiro atoms. The first-order chi connectivity index (χ1) is 15.2. The molecule has 0 bridgehead atoms. The zero-order chi connectivity index (χ0) is 21.6. The van der Waals surface area contributed by atoms with E-state index in [9.17, 15) is 4.79 Å². The van der Waals surface area contributed by atoms with E-state index in [2.05, 4.69) is 20.6 Å². The van der Waals surface area contributed by atoms with E-state index in [4.69, 9.17) is 9.47 Å². The lowest BCUT2D eigenvalue weighted by Gasteiger charge is -2.12. The van der Waals surface area contributed by atoms with Gasteiger partial charge in [-0.3, -0.25) is 0 Å². The van der Waals surface area contributed by atoms with Crippen LogP contribution in [0.15, 0.2) is 72.8 Å². The Balaban J connectivity index is 1.57. The van der Waals surface area contributed by atoms with Crippen LogP contribution in [0.25, 0.3) is 10.9 Å². The average Bonchev–Trinajstić information content (AvgIpc) is 2.83. The number of para-hydroxylation sites is 1. The lowest BCUT2D eigenvalue weighted by atomic mass is 10.2. The van der Waals surface area contributed by atoms with Crippen molar-refractivity contribution < 1.29 is 14.3 Å². The molecule has 4 aromatic rings. The highest BCUT2D eigenvalue weighted by molar-refractivity contribution is 5.91. The summed E-state index contributed by atoms with van der Waals surface area (Å²) in [7, 11) is 3.01. The van der Waals surface area contributed by atoms with Gasteiger partial charge in [-0.25, -0.2) is 9.78 Å². The van der Waals surface area contributed by atoms with Gasteiger partial charge in [0, 0.05) is 17.6 Å². The molecule has 3 aromatic carbocycles. The van der Waals surface area contributed by atoms with Gasteiger partial charge in [-0.1, -0.05) is 24.3 Å². The molecule has 0 atom stereocenters. The summed E-state index contributed by atoms with van der Waals surface area (Å²) in [5.74, 6) is 1.64. The standard InChI is InChI=1S/C24H22N4O3/c1-30-19-13-7-16(8-14-19)15-25-22-20-5-3-4-6-21(20)27-24(28-22)26-18-11-9-17(10-12-18)23(29)31-2/h3-14H,15H2,1-2H3,(H2,25,26,27,28). The van der Waals surface area contributed by atoms with Gasteiger partial charge in [0.05, 0.1) is 25.3 Å². The minimum absolute atomic E-state index is 0.376. The molecule has 1 heterocycles. The van der Waals surface area contributed by atoms with E-state index < -0.39 is 0 Å². The number of benzene rings is 3. The molecule has 31 heavy (non-hydrogen) atoms. The van der Waals surface area contributed by atoms with Crippen LogP contribution in [0.3, 0.4) is 0 Å². The van der Waals surface area contributed by atoms with Crippen LogP contribution in [0.1, 0.15) is 15.9 Å². The van der Waals surface area contributed by atoms with Gasteiger partial charge in [0.1, 0.15) is 11.6 Å². The van der Waals surface area contributed by atoms with Crippen molar-refractivity contribution in [2.24, 2.45) is 0 Å². The van der Waals surface area contributed by atoms with Crippen LogP contribution in [0, 0.1) is 0 Å². The third-order valence-corrected chi connectivity index (χ3v) is 4.78. The van der Waals surface area contributed by atoms with Gasteiger partial charge in [0.2, 0.25) is 5.95 Å². The number of anilines is 3. The quantitative estimate of drug-likeness (QED) is 0.421. The molecule has 0 aliphatic heterocycles. The number of aromatic nitrogens is 2. The maximum Gasteiger partial charge on any atom is 0.337 e. The molecule has 0 unspecified atom stereocenters. The number of methoxy groups -OCH3 is 2. The third-order valence-electron chi connectivity index (χ3n) is 4.78. The Hall–Kier alpha value is -4.13. The Morgan fingerprint density at radius 3 is 2.35 bits per heavy atom. The highest BCUT2D eigenvalue weighted by atomic mass is 16.5. The maximum absolute atomic E-state index is 11.6. The predicted molar refractivity (Wildman–Crippen MR) is 121 cm³/mol. The van der Waals surface area contributed by atoms with Crippen LogP contribution in [0.4, 0.5) is 17.5 Å². The number of fused-ring (bicyclic) bond motifs is 1. The first-order valence-electron chi connectivity index (χ1n) is 9.75. The largest absolute Gasteiger partial charge is 0.497 e. The molecule has 2 N–H and O–H groups in total. The van der Waals surface area contributed by atoms with Gasteiger partial charge in [-0.15, -0.1) is 0 Å². The molecule has 1 aromatic heterocycles. The van der Waals surface area contributed by atoms with Crippen molar-refractivity contribution in [3.8, 4) is 5.75 Å². The number of ether oxygens (including phenoxy) is 2. The summed E-state index contributed by atoms with van der Waals surface area (Å²) in [5, 5.41) is 7.54. The topological polar surface area (TPSA) is 85.4 Å². The van der Waals surface area contributed by atoms with Crippen LogP contribution >= 0.6 is 0 Å². The van der Waals surface area contributed by atoms with E-state index in [0.717, 1.165) is 33.7 Å². The Bertz CT molecular complexity index is 1190. The minimum Gasteiger partial charge on any atom is -0.497 e. The van der Waals surface area contributed by atoms with Crippen molar-refractivity contribution in [1.29, 1.82) is 0 Å². The summed E-state index contributed by atoms with van der Waals surface area (Å²) < 4.78 is 9.95. The fraction of sp³-hybridized carbons (Fsp3) is 0.125. The van der Waals surface area contributed by atoms with Crippen molar-refractivity contribution >= 4 is 34.3 Å². The van der Waals surface area contributed by atoms with E-state index in [1.54, 1.807) is 31.4 Å². The van der Waals surface area contributed by atoms with Crippen molar-refractivity contribution in [1.82, 2.24) is 9.97 Å². The van der Waals surface area contributed by atoms with E-state index in [1.165, 1.54) is 7.11 Å². The molecule has 0 amide bonds. The third kappa shape index (κ3) is 4.72. The molecule has 0 aliphatic carbocycles. The first-order valence-corrected chi connectivity index (χ1v) is 9.75. The summed E-state index contributed by atoms with van der Waals surface area (Å²) in [6.45, 7) is 0.609. The molecular weight excluding hydrogens is 392 g/mol. The highest BCUT2D eigenvalue weighted by Crippen LogP contribution is 2.24. The summed E-state index contributed by atoms with van der Waals surface area (Å²) in [4.78, 5) is 20.9. The van der Waals surface area contributed by atoms with Crippen LogP contribution in [-0.4, -0.2) is 30.2 Å². The summed E-state index contributed by atoms with van der Waals surface area (Å²) in [5.41, 5.74) is 3.18. The SMILES string of the molecule is COC(=O)c1ccc(Nc2nc(NCc3ccc(OC)cc3)c3ccccc3n2)cc1. The fourth-order valence-corrected chi connectivity index (χ4v) is 3.13. The van der Waals surface area contributed by atoms with Gasteiger partial charge in [0.25, 0.3) is 0 Å².